The van der Waals surface area contributed by atoms with E-state index in [-0.39, 0.29) is 5.56 Å². The number of carboxylic acids is 1. The summed E-state index contributed by atoms with van der Waals surface area (Å²) in [7, 11) is 0. The molecule has 0 bridgehead atoms. The highest BCUT2D eigenvalue weighted by Crippen LogP contribution is 2.14. The Morgan fingerprint density at radius 3 is 2.81 bits per heavy atom. The maximum Gasteiger partial charge on any atom is 0.339 e. The summed E-state index contributed by atoms with van der Waals surface area (Å²) in [6.45, 7) is 4.20. The Bertz CT molecular complexity index is 530. The van der Waals surface area contributed by atoms with Crippen LogP contribution in [-0.2, 0) is 6.54 Å². The maximum absolute atomic E-state index is 10.8. The average Bonchev–Trinajstić information content (AvgIpc) is 2.73. The van der Waals surface area contributed by atoms with Crippen molar-refractivity contribution < 1.29 is 9.90 Å². The topological polar surface area (TPSA) is 68.0 Å². The average molecular weight is 237 g/mol. The fourth-order valence-electron chi connectivity index (χ4n) is 1.45. The van der Waals surface area contributed by atoms with Crippen LogP contribution >= 0.6 is 11.3 Å². The molecule has 16 heavy (non-hydrogen) atoms. The molecule has 0 spiro atoms. The normalized spacial score (nSPS) is 10.6. The molecule has 5 nitrogen and oxygen atoms in total. The summed E-state index contributed by atoms with van der Waals surface area (Å²) < 4.78 is 1.63. The van der Waals surface area contributed by atoms with E-state index in [2.05, 4.69) is 10.1 Å². The molecule has 0 aromatic carbocycles. The number of aromatic carboxylic acids is 1. The van der Waals surface area contributed by atoms with Crippen molar-refractivity contribution in [2.75, 3.05) is 0 Å². The van der Waals surface area contributed by atoms with Crippen LogP contribution in [0, 0.1) is 13.8 Å². The second-order valence-electron chi connectivity index (χ2n) is 3.48. The highest BCUT2D eigenvalue weighted by Gasteiger charge is 2.12. The summed E-state index contributed by atoms with van der Waals surface area (Å²) in [5, 5.41) is 14.0. The summed E-state index contributed by atoms with van der Waals surface area (Å²) in [6.07, 6.45) is 3.34. The van der Waals surface area contributed by atoms with Gasteiger partial charge in [0.25, 0.3) is 0 Å². The first-order valence-corrected chi connectivity index (χ1v) is 5.56. The molecular weight excluding hydrogens is 226 g/mol. The summed E-state index contributed by atoms with van der Waals surface area (Å²) in [6, 6.07) is 0. The van der Waals surface area contributed by atoms with Gasteiger partial charge >= 0.3 is 5.97 Å². The van der Waals surface area contributed by atoms with Gasteiger partial charge in [-0.2, -0.15) is 5.10 Å². The lowest BCUT2D eigenvalue weighted by atomic mass is 10.3. The number of carbonyl (C=O) groups is 1. The second kappa shape index (κ2) is 4.05. The van der Waals surface area contributed by atoms with E-state index in [1.807, 2.05) is 6.92 Å². The van der Waals surface area contributed by atoms with Crippen molar-refractivity contribution in [3.05, 3.63) is 33.5 Å². The van der Waals surface area contributed by atoms with Gasteiger partial charge in [0.05, 0.1) is 17.2 Å². The van der Waals surface area contributed by atoms with Crippen molar-refractivity contribution >= 4 is 17.3 Å². The summed E-state index contributed by atoms with van der Waals surface area (Å²) >= 11 is 1.59. The molecule has 0 aliphatic rings. The number of aromatic nitrogens is 3. The van der Waals surface area contributed by atoms with Gasteiger partial charge in [-0.1, -0.05) is 0 Å². The van der Waals surface area contributed by atoms with E-state index in [4.69, 9.17) is 5.11 Å². The van der Waals surface area contributed by atoms with Gasteiger partial charge in [-0.25, -0.2) is 9.78 Å². The Morgan fingerprint density at radius 2 is 2.31 bits per heavy atom. The first kappa shape index (κ1) is 10.8. The van der Waals surface area contributed by atoms with Crippen LogP contribution in [0.1, 0.15) is 25.9 Å². The van der Waals surface area contributed by atoms with Crippen molar-refractivity contribution in [1.29, 1.82) is 0 Å². The van der Waals surface area contributed by atoms with E-state index in [0.29, 0.717) is 12.2 Å². The van der Waals surface area contributed by atoms with Gasteiger partial charge in [0, 0.05) is 17.3 Å². The molecule has 0 saturated carbocycles. The van der Waals surface area contributed by atoms with Crippen LogP contribution in [0.3, 0.4) is 0 Å². The molecule has 84 valence electrons. The molecule has 2 aromatic rings. The Balaban J connectivity index is 2.22. The second-order valence-corrected chi connectivity index (χ2v) is 4.80. The molecule has 0 aliphatic heterocycles. The largest absolute Gasteiger partial charge is 0.478 e. The third-order valence-corrected chi connectivity index (χ3v) is 3.06. The van der Waals surface area contributed by atoms with Crippen LogP contribution in [-0.4, -0.2) is 25.8 Å². The number of hydrogen-bond donors (Lipinski definition) is 1. The summed E-state index contributed by atoms with van der Waals surface area (Å²) in [5.74, 6) is -0.941. The van der Waals surface area contributed by atoms with E-state index in [0.717, 1.165) is 9.88 Å². The molecule has 0 unspecified atom stereocenters. The van der Waals surface area contributed by atoms with Gasteiger partial charge in [0.15, 0.2) is 0 Å². The van der Waals surface area contributed by atoms with E-state index < -0.39 is 5.97 Å². The molecular formula is C10H11N3O2S. The van der Waals surface area contributed by atoms with E-state index >= 15 is 0 Å². The zero-order valence-electron chi connectivity index (χ0n) is 8.97. The smallest absolute Gasteiger partial charge is 0.339 e. The lowest BCUT2D eigenvalue weighted by Gasteiger charge is -1.95. The van der Waals surface area contributed by atoms with Crippen molar-refractivity contribution in [2.24, 2.45) is 0 Å². The monoisotopic (exact) mass is 237 g/mol. The standard InChI is InChI=1S/C10H11N3O2S/c1-6-9(10(14)15)5-13(12-6)4-8-3-11-7(2)16-8/h3,5H,4H2,1-2H3,(H,14,15). The fraction of sp³-hybridized carbons (Fsp3) is 0.300. The Labute approximate surface area is 96.4 Å². The fourth-order valence-corrected chi connectivity index (χ4v) is 2.23. The molecule has 0 amide bonds. The van der Waals surface area contributed by atoms with Gasteiger partial charge in [0.2, 0.25) is 0 Å². The first-order chi connectivity index (χ1) is 7.56. The first-order valence-electron chi connectivity index (χ1n) is 4.75. The molecule has 0 radical (unpaired) electrons. The molecule has 0 aliphatic carbocycles. The minimum absolute atomic E-state index is 0.251. The number of nitrogens with zero attached hydrogens (tertiary/aromatic N) is 3. The van der Waals surface area contributed by atoms with Gasteiger partial charge in [-0.3, -0.25) is 4.68 Å². The van der Waals surface area contributed by atoms with E-state index in [1.165, 1.54) is 0 Å². The van der Waals surface area contributed by atoms with Crippen LogP contribution in [0.25, 0.3) is 0 Å². The van der Waals surface area contributed by atoms with Crippen LogP contribution in [0.15, 0.2) is 12.4 Å². The highest BCUT2D eigenvalue weighted by atomic mass is 32.1. The molecule has 0 fully saturated rings. The van der Waals surface area contributed by atoms with E-state index in [1.54, 1.807) is 35.3 Å². The maximum atomic E-state index is 10.8. The minimum atomic E-state index is -0.941. The SMILES string of the molecule is Cc1ncc(Cn2cc(C(=O)O)c(C)n2)s1. The summed E-state index contributed by atoms with van der Waals surface area (Å²) in [5.41, 5.74) is 0.787. The molecule has 0 saturated heterocycles. The number of thiazole rings is 1. The number of aryl methyl sites for hydroxylation is 2. The Hall–Kier alpha value is -1.69. The number of carboxylic acid groups (broad SMARTS) is 1. The summed E-state index contributed by atoms with van der Waals surface area (Å²) in [4.78, 5) is 16.0. The zero-order chi connectivity index (χ0) is 11.7. The van der Waals surface area contributed by atoms with Crippen molar-refractivity contribution in [1.82, 2.24) is 14.8 Å². The molecule has 2 heterocycles. The molecule has 2 aromatic heterocycles. The van der Waals surface area contributed by atoms with Crippen molar-refractivity contribution in [2.45, 2.75) is 20.4 Å². The van der Waals surface area contributed by atoms with E-state index in [9.17, 15) is 4.79 Å². The minimum Gasteiger partial charge on any atom is -0.478 e. The number of rotatable bonds is 3. The third kappa shape index (κ3) is 2.11. The highest BCUT2D eigenvalue weighted by molar-refractivity contribution is 7.11. The zero-order valence-corrected chi connectivity index (χ0v) is 9.78. The molecule has 0 atom stereocenters. The Morgan fingerprint density at radius 1 is 1.56 bits per heavy atom. The van der Waals surface area contributed by atoms with Crippen LogP contribution in [0.4, 0.5) is 0 Å². The van der Waals surface area contributed by atoms with Crippen LogP contribution in [0.5, 0.6) is 0 Å². The molecule has 2 rings (SSSR count). The lowest BCUT2D eigenvalue weighted by molar-refractivity contribution is 0.0696. The van der Waals surface area contributed by atoms with Gasteiger partial charge in [0.1, 0.15) is 5.56 Å². The Kier molecular flexibility index (Phi) is 2.74. The predicted octanol–water partition coefficient (Wildman–Crippen LogP) is 1.70. The third-order valence-electron chi connectivity index (χ3n) is 2.16. The van der Waals surface area contributed by atoms with Crippen molar-refractivity contribution in [3.8, 4) is 0 Å². The lowest BCUT2D eigenvalue weighted by Crippen LogP contribution is -1.98. The predicted molar refractivity (Wildman–Crippen MR) is 59.9 cm³/mol. The number of hydrogen-bond acceptors (Lipinski definition) is 4. The molecule has 6 heteroatoms. The van der Waals surface area contributed by atoms with Gasteiger partial charge in [-0.05, 0) is 13.8 Å². The van der Waals surface area contributed by atoms with Crippen LogP contribution in [0.2, 0.25) is 0 Å². The quantitative estimate of drug-likeness (QED) is 0.882. The molecule has 1 N–H and O–H groups in total. The van der Waals surface area contributed by atoms with Crippen molar-refractivity contribution in [3.63, 3.8) is 0 Å². The van der Waals surface area contributed by atoms with Gasteiger partial charge in [-0.15, -0.1) is 11.3 Å². The van der Waals surface area contributed by atoms with Crippen LogP contribution < -0.4 is 0 Å². The van der Waals surface area contributed by atoms with Gasteiger partial charge < -0.3 is 5.11 Å².